The Kier molecular flexibility index (Phi) is 6.58. The number of aliphatic imine (C=N–C) groups is 1. The van der Waals surface area contributed by atoms with Crippen molar-refractivity contribution in [3.63, 3.8) is 0 Å². The molecule has 1 aliphatic heterocycles. The molecule has 0 spiro atoms. The number of hydrogen-bond donors (Lipinski definition) is 0. The van der Waals surface area contributed by atoms with Crippen molar-refractivity contribution in [2.75, 3.05) is 6.61 Å². The quantitative estimate of drug-likeness (QED) is 0.314. The number of hydrogen-bond acceptors (Lipinski definition) is 4. The zero-order valence-corrected chi connectivity index (χ0v) is 15.6. The largest absolute Gasteiger partial charge is 0.374 e. The first kappa shape index (κ1) is 18.7. The van der Waals surface area contributed by atoms with Gasteiger partial charge in [-0.1, -0.05) is 56.0 Å². The maximum atomic E-state index is 11.9. The number of nitrogens with zero attached hydrogens (tertiary/aromatic N) is 1. The fourth-order valence-corrected chi connectivity index (χ4v) is 3.23. The molecule has 0 saturated carbocycles. The number of benzene rings is 1. The number of carbonyl (C=O) groups is 1. The molecule has 0 amide bonds. The summed E-state index contributed by atoms with van der Waals surface area (Å²) in [6.45, 7) is 8.69. The maximum Gasteiger partial charge on any atom is 0.166 e. The van der Waals surface area contributed by atoms with Crippen molar-refractivity contribution < 1.29 is 9.53 Å². The number of para-hydroxylation sites is 1. The molecular formula is C20H25NO2S. The molecule has 1 saturated heterocycles. The molecule has 128 valence electrons. The van der Waals surface area contributed by atoms with E-state index in [0.29, 0.717) is 4.91 Å². The number of carbonyl (C=O) groups excluding carboxylic acids is 1. The molecule has 3 nitrogen and oxygen atoms in total. The monoisotopic (exact) mass is 343 g/mol. The second-order valence-electron chi connectivity index (χ2n) is 6.76. The molecule has 0 aliphatic carbocycles. The van der Waals surface area contributed by atoms with Crippen molar-refractivity contribution in [3.05, 3.63) is 53.5 Å². The first-order chi connectivity index (χ1) is 11.4. The highest BCUT2D eigenvalue weighted by Crippen LogP contribution is 2.32. The second-order valence-corrected chi connectivity index (χ2v) is 7.99. The zero-order chi connectivity index (χ0) is 17.6. The van der Waals surface area contributed by atoms with Crippen LogP contribution in [0.4, 0.5) is 5.69 Å². The first-order valence-electron chi connectivity index (χ1n) is 8.15. The van der Waals surface area contributed by atoms with Crippen LogP contribution in [-0.4, -0.2) is 23.5 Å². The van der Waals surface area contributed by atoms with E-state index in [1.54, 1.807) is 6.92 Å². The Bertz CT molecular complexity index is 659. The number of Topliss-reactive ketones (excluding diaryl/α,β-unsaturated/α-hetero) is 1. The predicted octanol–water partition coefficient (Wildman–Crippen LogP) is 5.31. The normalized spacial score (nSPS) is 21.4. The van der Waals surface area contributed by atoms with Crippen LogP contribution >= 0.6 is 11.8 Å². The van der Waals surface area contributed by atoms with E-state index in [-0.39, 0.29) is 17.3 Å². The van der Waals surface area contributed by atoms with Crippen LogP contribution in [0.25, 0.3) is 0 Å². The van der Waals surface area contributed by atoms with Crippen molar-refractivity contribution in [1.82, 2.24) is 0 Å². The lowest BCUT2D eigenvalue weighted by atomic mass is 9.90. The van der Waals surface area contributed by atoms with E-state index in [1.807, 2.05) is 55.5 Å². The molecular weight excluding hydrogens is 318 g/mol. The Balaban J connectivity index is 2.01. The van der Waals surface area contributed by atoms with Gasteiger partial charge in [-0.25, -0.2) is 4.99 Å². The van der Waals surface area contributed by atoms with Crippen molar-refractivity contribution in [2.45, 2.75) is 40.2 Å². The van der Waals surface area contributed by atoms with E-state index < -0.39 is 0 Å². The highest BCUT2D eigenvalue weighted by atomic mass is 32.2. The number of ketones is 1. The van der Waals surface area contributed by atoms with Gasteiger partial charge in [0, 0.05) is 0 Å². The maximum absolute atomic E-state index is 11.9. The average Bonchev–Trinajstić information content (AvgIpc) is 2.86. The smallest absolute Gasteiger partial charge is 0.166 e. The molecule has 0 aromatic heterocycles. The summed E-state index contributed by atoms with van der Waals surface area (Å²) in [5.41, 5.74) is 1.12. The summed E-state index contributed by atoms with van der Waals surface area (Å²) < 4.78 is 5.74. The molecule has 4 heteroatoms. The lowest BCUT2D eigenvalue weighted by Gasteiger charge is -2.12. The van der Waals surface area contributed by atoms with Gasteiger partial charge in [-0.3, -0.25) is 4.79 Å². The van der Waals surface area contributed by atoms with Crippen LogP contribution in [0.3, 0.4) is 0 Å². The summed E-state index contributed by atoms with van der Waals surface area (Å²) in [7, 11) is 0. The van der Waals surface area contributed by atoms with Crippen LogP contribution in [0.2, 0.25) is 0 Å². The van der Waals surface area contributed by atoms with Crippen LogP contribution in [0.5, 0.6) is 0 Å². The molecule has 1 aromatic carbocycles. The molecule has 1 aliphatic rings. The summed E-state index contributed by atoms with van der Waals surface area (Å²) >= 11 is 1.40. The number of rotatable bonds is 5. The van der Waals surface area contributed by atoms with E-state index in [1.165, 1.54) is 11.8 Å². The minimum absolute atomic E-state index is 0.0416. The molecule has 24 heavy (non-hydrogen) atoms. The van der Waals surface area contributed by atoms with Crippen molar-refractivity contribution >= 4 is 28.3 Å². The third-order valence-electron chi connectivity index (χ3n) is 3.66. The van der Waals surface area contributed by atoms with Gasteiger partial charge in [0.15, 0.2) is 5.78 Å². The van der Waals surface area contributed by atoms with Gasteiger partial charge < -0.3 is 4.74 Å². The van der Waals surface area contributed by atoms with Gasteiger partial charge in [0.2, 0.25) is 0 Å². The van der Waals surface area contributed by atoms with Crippen molar-refractivity contribution in [3.8, 4) is 0 Å². The third kappa shape index (κ3) is 6.10. The number of thioether (sulfide) groups is 1. The van der Waals surface area contributed by atoms with Gasteiger partial charge in [-0.2, -0.15) is 0 Å². The molecule has 1 fully saturated rings. The lowest BCUT2D eigenvalue weighted by molar-refractivity contribution is -0.112. The number of allylic oxidation sites excluding steroid dienone is 3. The highest BCUT2D eigenvalue weighted by Gasteiger charge is 2.30. The SMILES string of the molecule is CC(=O)C(=CC=CC1CC(C)(C)CO1)SC(C)=Nc1ccccc1. The van der Waals surface area contributed by atoms with Gasteiger partial charge >= 0.3 is 0 Å². The van der Waals surface area contributed by atoms with E-state index in [9.17, 15) is 4.79 Å². The van der Waals surface area contributed by atoms with Crippen molar-refractivity contribution in [1.29, 1.82) is 0 Å². The van der Waals surface area contributed by atoms with Gasteiger partial charge in [0.25, 0.3) is 0 Å². The van der Waals surface area contributed by atoms with Crippen LogP contribution in [0, 0.1) is 5.41 Å². The van der Waals surface area contributed by atoms with Crippen LogP contribution in [-0.2, 0) is 9.53 Å². The van der Waals surface area contributed by atoms with Gasteiger partial charge in [-0.05, 0) is 43.9 Å². The Hall–Kier alpha value is -1.65. The summed E-state index contributed by atoms with van der Waals surface area (Å²) in [5, 5.41) is 0.842. The predicted molar refractivity (Wildman–Crippen MR) is 103 cm³/mol. The molecule has 0 radical (unpaired) electrons. The Morgan fingerprint density at radius 3 is 2.58 bits per heavy atom. The van der Waals surface area contributed by atoms with Crippen LogP contribution < -0.4 is 0 Å². The number of ether oxygens (including phenoxy) is 1. The molecule has 2 rings (SSSR count). The minimum atomic E-state index is 0.0416. The Morgan fingerprint density at radius 2 is 2.00 bits per heavy atom. The lowest BCUT2D eigenvalue weighted by Crippen LogP contribution is -2.09. The van der Waals surface area contributed by atoms with Crippen molar-refractivity contribution in [2.24, 2.45) is 10.4 Å². The Morgan fingerprint density at radius 1 is 1.29 bits per heavy atom. The topological polar surface area (TPSA) is 38.7 Å². The molecule has 1 atom stereocenters. The molecule has 1 aromatic rings. The fourth-order valence-electron chi connectivity index (χ4n) is 2.48. The highest BCUT2D eigenvalue weighted by molar-refractivity contribution is 8.17. The molecule has 0 bridgehead atoms. The first-order valence-corrected chi connectivity index (χ1v) is 8.97. The molecule has 0 N–H and O–H groups in total. The summed E-state index contributed by atoms with van der Waals surface area (Å²) in [6, 6.07) is 9.74. The third-order valence-corrected chi connectivity index (χ3v) is 4.69. The van der Waals surface area contributed by atoms with Gasteiger partial charge in [-0.15, -0.1) is 0 Å². The van der Waals surface area contributed by atoms with E-state index in [0.717, 1.165) is 23.8 Å². The Labute approximate surface area is 148 Å². The summed E-state index contributed by atoms with van der Waals surface area (Å²) in [6.07, 6.45) is 6.95. The van der Waals surface area contributed by atoms with Crippen LogP contribution in [0.1, 0.15) is 34.1 Å². The second kappa shape index (κ2) is 8.45. The van der Waals surface area contributed by atoms with E-state index in [4.69, 9.17) is 4.74 Å². The van der Waals surface area contributed by atoms with Crippen LogP contribution in [0.15, 0.2) is 58.5 Å². The molecule has 1 heterocycles. The van der Waals surface area contributed by atoms with Gasteiger partial charge in [0.05, 0.1) is 28.3 Å². The van der Waals surface area contributed by atoms with Gasteiger partial charge in [0.1, 0.15) is 0 Å². The minimum Gasteiger partial charge on any atom is -0.374 e. The average molecular weight is 343 g/mol. The summed E-state index contributed by atoms with van der Waals surface area (Å²) in [4.78, 5) is 17.1. The summed E-state index contributed by atoms with van der Waals surface area (Å²) in [5.74, 6) is 0.0416. The van der Waals surface area contributed by atoms with E-state index >= 15 is 0 Å². The standard InChI is InChI=1S/C20H25NO2S/c1-15(22)19(12-8-11-18-13-20(3,4)14-23-18)24-16(2)21-17-9-6-5-7-10-17/h5-12,18H,13-14H2,1-4H3. The van der Waals surface area contributed by atoms with E-state index in [2.05, 4.69) is 18.8 Å². The molecule has 1 unspecified atom stereocenters. The fraction of sp³-hybridized carbons (Fsp3) is 0.400. The zero-order valence-electron chi connectivity index (χ0n) is 14.8.